The molecule has 0 aliphatic heterocycles. The third-order valence-electron chi connectivity index (χ3n) is 2.31. The van der Waals surface area contributed by atoms with Crippen molar-refractivity contribution in [3.8, 4) is 0 Å². The summed E-state index contributed by atoms with van der Waals surface area (Å²) >= 11 is 1.56. The van der Waals surface area contributed by atoms with Crippen molar-refractivity contribution < 1.29 is 5.11 Å². The Kier molecular flexibility index (Phi) is 2.02. The van der Waals surface area contributed by atoms with E-state index in [2.05, 4.69) is 4.98 Å². The van der Waals surface area contributed by atoms with Crippen molar-refractivity contribution in [1.82, 2.24) is 4.98 Å². The molecule has 1 atom stereocenters. The Bertz CT molecular complexity index is 285. The maximum Gasteiger partial charge on any atom is 0.180 e. The van der Waals surface area contributed by atoms with Gasteiger partial charge in [-0.2, -0.15) is 0 Å². The van der Waals surface area contributed by atoms with Crippen molar-refractivity contribution in [2.75, 3.05) is 12.3 Å². The molecule has 1 unspecified atom stereocenters. The summed E-state index contributed by atoms with van der Waals surface area (Å²) < 4.78 is 0. The van der Waals surface area contributed by atoms with Crippen LogP contribution in [-0.4, -0.2) is 16.7 Å². The lowest BCUT2D eigenvalue weighted by atomic mass is 9.92. The number of fused-ring (bicyclic) bond motifs is 1. The first-order chi connectivity index (χ1) is 5.81. The maximum atomic E-state index is 9.07. The number of aliphatic hydroxyl groups excluding tert-OH is 1. The van der Waals surface area contributed by atoms with Crippen LogP contribution < -0.4 is 5.73 Å². The third-order valence-corrected chi connectivity index (χ3v) is 3.27. The molecular weight excluding hydrogens is 172 g/mol. The second-order valence-corrected chi connectivity index (χ2v) is 4.25. The van der Waals surface area contributed by atoms with E-state index in [1.165, 1.54) is 4.88 Å². The Morgan fingerprint density at radius 2 is 2.50 bits per heavy atom. The number of anilines is 1. The molecule has 0 amide bonds. The van der Waals surface area contributed by atoms with E-state index in [0.717, 1.165) is 25.0 Å². The quantitative estimate of drug-likeness (QED) is 0.688. The lowest BCUT2D eigenvalue weighted by Gasteiger charge is -2.18. The van der Waals surface area contributed by atoms with E-state index in [0.29, 0.717) is 5.13 Å². The number of aromatic nitrogens is 1. The Hall–Kier alpha value is -0.610. The molecule has 1 aliphatic carbocycles. The molecule has 0 saturated heterocycles. The molecule has 1 aliphatic rings. The van der Waals surface area contributed by atoms with Crippen molar-refractivity contribution in [1.29, 1.82) is 0 Å². The highest BCUT2D eigenvalue weighted by Gasteiger charge is 2.23. The Labute approximate surface area is 75.2 Å². The van der Waals surface area contributed by atoms with Crippen LogP contribution in [0.4, 0.5) is 5.13 Å². The van der Waals surface area contributed by atoms with E-state index >= 15 is 0 Å². The smallest absolute Gasteiger partial charge is 0.180 e. The first kappa shape index (κ1) is 8.01. The fraction of sp³-hybridized carbons (Fsp3) is 0.625. The fourth-order valence-corrected chi connectivity index (χ4v) is 2.66. The lowest BCUT2D eigenvalue weighted by molar-refractivity contribution is 0.251. The van der Waals surface area contributed by atoms with E-state index < -0.39 is 0 Å². The van der Waals surface area contributed by atoms with Crippen molar-refractivity contribution in [3.05, 3.63) is 10.6 Å². The van der Waals surface area contributed by atoms with Crippen LogP contribution in [0.2, 0.25) is 0 Å². The summed E-state index contributed by atoms with van der Waals surface area (Å²) in [7, 11) is 0. The van der Waals surface area contributed by atoms with E-state index in [4.69, 9.17) is 10.8 Å². The van der Waals surface area contributed by atoms with Crippen LogP contribution in [0.25, 0.3) is 0 Å². The molecule has 0 saturated carbocycles. The molecule has 0 spiro atoms. The van der Waals surface area contributed by atoms with Crippen LogP contribution in [0.15, 0.2) is 0 Å². The maximum absolute atomic E-state index is 9.07. The summed E-state index contributed by atoms with van der Waals surface area (Å²) in [4.78, 5) is 5.52. The number of nitrogens with zero attached hydrogens (tertiary/aromatic N) is 1. The molecule has 1 heterocycles. The SMILES string of the molecule is Nc1nc2c(s1)CCCC2CO. The fourth-order valence-electron chi connectivity index (χ4n) is 1.70. The zero-order valence-corrected chi connectivity index (χ0v) is 7.60. The van der Waals surface area contributed by atoms with Crippen molar-refractivity contribution >= 4 is 16.5 Å². The highest BCUT2D eigenvalue weighted by atomic mass is 32.1. The van der Waals surface area contributed by atoms with Crippen molar-refractivity contribution in [2.24, 2.45) is 0 Å². The number of aryl methyl sites for hydroxylation is 1. The summed E-state index contributed by atoms with van der Waals surface area (Å²) in [6, 6.07) is 0. The number of thiazole rings is 1. The number of hydrogen-bond donors (Lipinski definition) is 2. The van der Waals surface area contributed by atoms with Gasteiger partial charge in [0.25, 0.3) is 0 Å². The standard InChI is InChI=1S/C8H12N2OS/c9-8-10-7-5(4-11)2-1-3-6(7)12-8/h5,11H,1-4H2,(H2,9,10). The van der Waals surface area contributed by atoms with Gasteiger partial charge in [0.05, 0.1) is 12.3 Å². The van der Waals surface area contributed by atoms with Gasteiger partial charge in [0.1, 0.15) is 0 Å². The van der Waals surface area contributed by atoms with E-state index in [-0.39, 0.29) is 12.5 Å². The van der Waals surface area contributed by atoms with Crippen LogP contribution in [0.1, 0.15) is 29.3 Å². The second kappa shape index (κ2) is 3.03. The van der Waals surface area contributed by atoms with E-state index in [1.54, 1.807) is 11.3 Å². The highest BCUT2D eigenvalue weighted by Crippen LogP contribution is 2.35. The number of nitrogen functional groups attached to an aromatic ring is 1. The zero-order valence-electron chi connectivity index (χ0n) is 6.79. The number of rotatable bonds is 1. The van der Waals surface area contributed by atoms with Crippen LogP contribution >= 0.6 is 11.3 Å². The van der Waals surface area contributed by atoms with Crippen LogP contribution in [0.5, 0.6) is 0 Å². The molecule has 3 N–H and O–H groups in total. The molecule has 0 bridgehead atoms. The van der Waals surface area contributed by atoms with Gasteiger partial charge in [-0.25, -0.2) is 4.98 Å². The highest BCUT2D eigenvalue weighted by molar-refractivity contribution is 7.15. The molecule has 1 aromatic rings. The van der Waals surface area contributed by atoms with Crippen LogP contribution in [-0.2, 0) is 6.42 Å². The van der Waals surface area contributed by atoms with Gasteiger partial charge in [-0.1, -0.05) is 0 Å². The Morgan fingerprint density at radius 1 is 1.67 bits per heavy atom. The molecule has 12 heavy (non-hydrogen) atoms. The van der Waals surface area contributed by atoms with E-state index in [9.17, 15) is 0 Å². The monoisotopic (exact) mass is 184 g/mol. The molecule has 0 fully saturated rings. The molecule has 66 valence electrons. The molecule has 3 nitrogen and oxygen atoms in total. The first-order valence-corrected chi connectivity index (χ1v) is 4.99. The summed E-state index contributed by atoms with van der Waals surface area (Å²) in [6.07, 6.45) is 3.28. The molecule has 2 rings (SSSR count). The minimum Gasteiger partial charge on any atom is -0.396 e. The predicted molar refractivity (Wildman–Crippen MR) is 49.3 cm³/mol. The predicted octanol–water partition coefficient (Wildman–Crippen LogP) is 1.14. The van der Waals surface area contributed by atoms with Gasteiger partial charge in [-0.3, -0.25) is 0 Å². The normalized spacial score (nSPS) is 22.2. The first-order valence-electron chi connectivity index (χ1n) is 4.17. The Balaban J connectivity index is 2.36. The average molecular weight is 184 g/mol. The van der Waals surface area contributed by atoms with Crippen LogP contribution in [0.3, 0.4) is 0 Å². The summed E-state index contributed by atoms with van der Waals surface area (Å²) in [6.45, 7) is 0.205. The molecule has 1 aromatic heterocycles. The van der Waals surface area contributed by atoms with Gasteiger partial charge in [0.15, 0.2) is 5.13 Å². The lowest BCUT2D eigenvalue weighted by Crippen LogP contribution is -2.11. The van der Waals surface area contributed by atoms with Gasteiger partial charge in [0.2, 0.25) is 0 Å². The average Bonchev–Trinajstić information content (AvgIpc) is 2.44. The molecule has 4 heteroatoms. The molecule has 0 radical (unpaired) electrons. The van der Waals surface area contributed by atoms with Crippen molar-refractivity contribution in [2.45, 2.75) is 25.2 Å². The number of nitrogens with two attached hydrogens (primary N) is 1. The summed E-state index contributed by atoms with van der Waals surface area (Å²) in [5, 5.41) is 9.71. The minimum absolute atomic E-state index is 0.205. The number of hydrogen-bond acceptors (Lipinski definition) is 4. The summed E-state index contributed by atoms with van der Waals surface area (Å²) in [5.41, 5.74) is 6.65. The number of aliphatic hydroxyl groups is 1. The van der Waals surface area contributed by atoms with Gasteiger partial charge in [-0.15, -0.1) is 11.3 Å². The van der Waals surface area contributed by atoms with Crippen molar-refractivity contribution in [3.63, 3.8) is 0 Å². The largest absolute Gasteiger partial charge is 0.396 e. The zero-order chi connectivity index (χ0) is 8.55. The summed E-state index contributed by atoms with van der Waals surface area (Å²) in [5.74, 6) is 0.238. The topological polar surface area (TPSA) is 59.1 Å². The van der Waals surface area contributed by atoms with Gasteiger partial charge >= 0.3 is 0 Å². The minimum atomic E-state index is 0.205. The Morgan fingerprint density at radius 3 is 3.25 bits per heavy atom. The third kappa shape index (κ3) is 1.21. The molecule has 0 aromatic carbocycles. The second-order valence-electron chi connectivity index (χ2n) is 3.13. The van der Waals surface area contributed by atoms with Gasteiger partial charge < -0.3 is 10.8 Å². The van der Waals surface area contributed by atoms with Gasteiger partial charge in [-0.05, 0) is 19.3 Å². The van der Waals surface area contributed by atoms with E-state index in [1.807, 2.05) is 0 Å². The van der Waals surface area contributed by atoms with Gasteiger partial charge in [0, 0.05) is 10.8 Å². The molecular formula is C8H12N2OS. The van der Waals surface area contributed by atoms with Crippen LogP contribution in [0, 0.1) is 0 Å².